The average molecular weight is 472 g/mol. The summed E-state index contributed by atoms with van der Waals surface area (Å²) in [5.74, 6) is -0.818. The summed E-state index contributed by atoms with van der Waals surface area (Å²) in [6.07, 6.45) is 2.76. The smallest absolute Gasteiger partial charge is 0.240 e. The lowest BCUT2D eigenvalue weighted by atomic mass is 10.1. The van der Waals surface area contributed by atoms with Gasteiger partial charge in [-0.2, -0.15) is 0 Å². The number of amides is 2. The molecule has 0 saturated carbocycles. The minimum Gasteiger partial charge on any atom is -0.377 e. The van der Waals surface area contributed by atoms with Gasteiger partial charge in [0.15, 0.2) is 0 Å². The zero-order chi connectivity index (χ0) is 23.4. The maximum atomic E-state index is 12.7. The van der Waals surface area contributed by atoms with E-state index in [1.165, 1.54) is 17.7 Å². The normalized spacial score (nSPS) is 20.9. The maximum Gasteiger partial charge on any atom is 0.240 e. The molecule has 9 heteroatoms. The van der Waals surface area contributed by atoms with Crippen LogP contribution in [0.2, 0.25) is 0 Å². The second-order valence-corrected chi connectivity index (χ2v) is 10.2. The van der Waals surface area contributed by atoms with Gasteiger partial charge < -0.3 is 15.0 Å². The van der Waals surface area contributed by atoms with E-state index < -0.39 is 15.9 Å². The summed E-state index contributed by atoms with van der Waals surface area (Å²) in [6.45, 7) is 3.29. The van der Waals surface area contributed by atoms with Gasteiger partial charge >= 0.3 is 0 Å². The Hall–Kier alpha value is -2.75. The van der Waals surface area contributed by atoms with E-state index >= 15 is 0 Å². The molecule has 33 heavy (non-hydrogen) atoms. The highest BCUT2D eigenvalue weighted by Gasteiger charge is 2.35. The zero-order valence-corrected chi connectivity index (χ0v) is 19.4. The van der Waals surface area contributed by atoms with Gasteiger partial charge in [-0.05, 0) is 61.2 Å². The molecule has 8 nitrogen and oxygen atoms in total. The Kier molecular flexibility index (Phi) is 7.11. The molecule has 0 spiro atoms. The third-order valence-corrected chi connectivity index (χ3v) is 7.55. The number of hydrogen-bond donors (Lipinski definition) is 2. The second kappa shape index (κ2) is 10.0. The van der Waals surface area contributed by atoms with Crippen molar-refractivity contribution in [3.8, 4) is 0 Å². The fourth-order valence-electron chi connectivity index (χ4n) is 4.10. The molecule has 2 amide bonds. The average Bonchev–Trinajstić information content (AvgIpc) is 3.48. The van der Waals surface area contributed by atoms with Crippen LogP contribution < -0.4 is 14.9 Å². The van der Waals surface area contributed by atoms with Crippen molar-refractivity contribution in [1.82, 2.24) is 4.72 Å². The molecule has 2 fully saturated rings. The number of aryl methyl sites for hydroxylation is 1. The predicted molar refractivity (Wildman–Crippen MR) is 126 cm³/mol. The third-order valence-electron chi connectivity index (χ3n) is 6.11. The van der Waals surface area contributed by atoms with Crippen LogP contribution in [0, 0.1) is 5.92 Å². The van der Waals surface area contributed by atoms with Gasteiger partial charge in [-0.15, -0.1) is 0 Å². The number of nitrogens with one attached hydrogen (secondary N) is 2. The Morgan fingerprint density at radius 2 is 1.85 bits per heavy atom. The fraction of sp³-hybridized carbons (Fsp3) is 0.417. The Morgan fingerprint density at radius 1 is 1.12 bits per heavy atom. The molecule has 2 N–H and O–H groups in total. The van der Waals surface area contributed by atoms with Crippen LogP contribution in [0.4, 0.5) is 11.4 Å². The summed E-state index contributed by atoms with van der Waals surface area (Å²) in [5, 5.41) is 2.80. The van der Waals surface area contributed by atoms with E-state index in [1.807, 2.05) is 24.3 Å². The summed E-state index contributed by atoms with van der Waals surface area (Å²) >= 11 is 0. The van der Waals surface area contributed by atoms with Gasteiger partial charge in [0.05, 0.1) is 16.9 Å². The second-order valence-electron chi connectivity index (χ2n) is 8.43. The summed E-state index contributed by atoms with van der Waals surface area (Å²) in [6, 6.07) is 13.8. The third kappa shape index (κ3) is 5.61. The van der Waals surface area contributed by atoms with Crippen LogP contribution in [-0.2, 0) is 30.8 Å². The lowest BCUT2D eigenvalue weighted by Gasteiger charge is -2.17. The van der Waals surface area contributed by atoms with Crippen molar-refractivity contribution in [2.45, 2.75) is 43.6 Å². The molecule has 2 atom stereocenters. The van der Waals surface area contributed by atoms with Crippen LogP contribution in [-0.4, -0.2) is 46.0 Å². The van der Waals surface area contributed by atoms with E-state index in [0.29, 0.717) is 18.8 Å². The molecule has 2 heterocycles. The SMILES string of the molecule is CCc1ccc(N2C[C@@H](C(=O)Nc3ccc(S(=O)(=O)NC[C@@H]4CCCO4)cc3)CC2=O)cc1. The van der Waals surface area contributed by atoms with Crippen molar-refractivity contribution in [2.75, 3.05) is 29.9 Å². The first-order valence-electron chi connectivity index (χ1n) is 11.3. The number of carbonyl (C=O) groups is 2. The molecule has 4 rings (SSSR count). The summed E-state index contributed by atoms with van der Waals surface area (Å²) in [5.41, 5.74) is 2.46. The Labute approximate surface area is 194 Å². The first-order valence-corrected chi connectivity index (χ1v) is 12.8. The van der Waals surface area contributed by atoms with Gasteiger partial charge in [-0.3, -0.25) is 9.59 Å². The topological polar surface area (TPSA) is 105 Å². The molecular weight excluding hydrogens is 442 g/mol. The lowest BCUT2D eigenvalue weighted by molar-refractivity contribution is -0.122. The van der Waals surface area contributed by atoms with E-state index in [1.54, 1.807) is 17.0 Å². The largest absolute Gasteiger partial charge is 0.377 e. The number of nitrogens with zero attached hydrogens (tertiary/aromatic N) is 1. The van der Waals surface area contributed by atoms with Crippen LogP contribution in [0.5, 0.6) is 0 Å². The van der Waals surface area contributed by atoms with Gasteiger partial charge in [0, 0.05) is 37.5 Å². The molecule has 0 radical (unpaired) electrons. The molecule has 0 bridgehead atoms. The molecule has 2 aromatic carbocycles. The number of sulfonamides is 1. The summed E-state index contributed by atoms with van der Waals surface area (Å²) in [4.78, 5) is 27.0. The number of hydrogen-bond acceptors (Lipinski definition) is 5. The minimum atomic E-state index is -3.65. The van der Waals surface area contributed by atoms with E-state index in [0.717, 1.165) is 24.9 Å². The molecular formula is C24H29N3O5S. The van der Waals surface area contributed by atoms with Gasteiger partial charge in [-0.25, -0.2) is 13.1 Å². The van der Waals surface area contributed by atoms with Crippen LogP contribution in [0.3, 0.4) is 0 Å². The number of carbonyl (C=O) groups excluding carboxylic acids is 2. The molecule has 2 aliphatic rings. The van der Waals surface area contributed by atoms with E-state index in [4.69, 9.17) is 4.74 Å². The number of ether oxygens (including phenoxy) is 1. The van der Waals surface area contributed by atoms with Crippen molar-refractivity contribution in [1.29, 1.82) is 0 Å². The Morgan fingerprint density at radius 3 is 2.48 bits per heavy atom. The van der Waals surface area contributed by atoms with Gasteiger partial charge in [0.1, 0.15) is 0 Å². The molecule has 2 aromatic rings. The van der Waals surface area contributed by atoms with Crippen LogP contribution in [0.15, 0.2) is 53.4 Å². The maximum absolute atomic E-state index is 12.7. The minimum absolute atomic E-state index is 0.0850. The van der Waals surface area contributed by atoms with Gasteiger partial charge in [0.25, 0.3) is 0 Å². The predicted octanol–water partition coefficient (Wildman–Crippen LogP) is 2.70. The van der Waals surface area contributed by atoms with Crippen molar-refractivity contribution < 1.29 is 22.7 Å². The number of benzene rings is 2. The number of rotatable bonds is 8. The molecule has 0 unspecified atom stereocenters. The first kappa shape index (κ1) is 23.4. The lowest BCUT2D eigenvalue weighted by Crippen LogP contribution is -2.31. The summed E-state index contributed by atoms with van der Waals surface area (Å²) in [7, 11) is -3.65. The van der Waals surface area contributed by atoms with E-state index in [2.05, 4.69) is 17.0 Å². The van der Waals surface area contributed by atoms with Gasteiger partial charge in [-0.1, -0.05) is 19.1 Å². The Bertz CT molecular complexity index is 1090. The van der Waals surface area contributed by atoms with E-state index in [9.17, 15) is 18.0 Å². The van der Waals surface area contributed by atoms with Crippen molar-refractivity contribution >= 4 is 33.2 Å². The van der Waals surface area contributed by atoms with Crippen LogP contribution in [0.25, 0.3) is 0 Å². The molecule has 0 aromatic heterocycles. The summed E-state index contributed by atoms with van der Waals surface area (Å²) < 4.78 is 33.0. The van der Waals surface area contributed by atoms with Crippen molar-refractivity contribution in [3.63, 3.8) is 0 Å². The van der Waals surface area contributed by atoms with Crippen molar-refractivity contribution in [2.24, 2.45) is 5.92 Å². The van der Waals surface area contributed by atoms with Gasteiger partial charge in [0.2, 0.25) is 21.8 Å². The monoisotopic (exact) mass is 471 g/mol. The van der Waals surface area contributed by atoms with Crippen molar-refractivity contribution in [3.05, 3.63) is 54.1 Å². The van der Waals surface area contributed by atoms with E-state index in [-0.39, 0.29) is 35.8 Å². The standard InChI is InChI=1S/C24H29N3O5S/c1-2-17-5-9-20(10-6-17)27-16-18(14-23(27)28)24(29)26-19-7-11-22(12-8-19)33(30,31)25-15-21-4-3-13-32-21/h5-12,18,21,25H,2-4,13-16H2,1H3,(H,26,29)/t18-,21-/m0/s1. The molecule has 2 saturated heterocycles. The first-order chi connectivity index (χ1) is 15.9. The highest BCUT2D eigenvalue weighted by atomic mass is 32.2. The number of anilines is 2. The van der Waals surface area contributed by atoms with Crippen LogP contribution in [0.1, 0.15) is 31.7 Å². The fourth-order valence-corrected chi connectivity index (χ4v) is 5.16. The highest BCUT2D eigenvalue weighted by Crippen LogP contribution is 2.27. The quantitative estimate of drug-likeness (QED) is 0.616. The molecule has 2 aliphatic heterocycles. The highest BCUT2D eigenvalue weighted by molar-refractivity contribution is 7.89. The Balaban J connectivity index is 1.34. The zero-order valence-electron chi connectivity index (χ0n) is 18.6. The molecule has 176 valence electrons. The molecule has 0 aliphatic carbocycles. The van der Waals surface area contributed by atoms with Crippen LogP contribution >= 0.6 is 0 Å².